The number of hydrogen-bond acceptors (Lipinski definition) is 6. The van der Waals surface area contributed by atoms with Crippen LogP contribution in [0.4, 0.5) is 8.78 Å². The highest BCUT2D eigenvalue weighted by molar-refractivity contribution is 8.00. The number of benzene rings is 1. The van der Waals surface area contributed by atoms with Crippen molar-refractivity contribution >= 4 is 17.5 Å². The number of thioether (sulfide) groups is 1. The van der Waals surface area contributed by atoms with Crippen LogP contribution in [0.3, 0.4) is 0 Å². The molecule has 0 radical (unpaired) electrons. The molecule has 1 saturated carbocycles. The molecular weight excluding hydrogens is 412 g/mol. The summed E-state index contributed by atoms with van der Waals surface area (Å²) in [7, 11) is 0. The van der Waals surface area contributed by atoms with E-state index >= 15 is 0 Å². The number of hydrogen-bond donors (Lipinski definition) is 0. The summed E-state index contributed by atoms with van der Waals surface area (Å²) in [4.78, 5) is 13.1. The van der Waals surface area contributed by atoms with Gasteiger partial charge in [0.1, 0.15) is 5.75 Å². The molecule has 1 fully saturated rings. The van der Waals surface area contributed by atoms with Gasteiger partial charge in [-0.25, -0.2) is 4.68 Å². The van der Waals surface area contributed by atoms with Crippen molar-refractivity contribution in [1.82, 2.24) is 24.8 Å². The van der Waals surface area contributed by atoms with Crippen LogP contribution < -0.4 is 4.74 Å². The number of tetrazole rings is 1. The number of carbonyl (C=O) groups excluding carboxylic acids is 1. The molecule has 3 aromatic rings. The fourth-order valence-corrected chi connectivity index (χ4v) is 4.36. The lowest BCUT2D eigenvalue weighted by Crippen LogP contribution is -2.16. The van der Waals surface area contributed by atoms with Crippen LogP contribution in [0.2, 0.25) is 0 Å². The number of nitrogens with zero attached hydrogens (tertiary/aromatic N) is 5. The molecule has 0 N–H and O–H groups in total. The molecule has 10 heteroatoms. The molecule has 30 heavy (non-hydrogen) atoms. The fourth-order valence-electron chi connectivity index (χ4n) is 3.43. The molecule has 7 nitrogen and oxygen atoms in total. The van der Waals surface area contributed by atoms with Crippen molar-refractivity contribution in [2.75, 3.05) is 0 Å². The Balaban J connectivity index is 1.55. The smallest absolute Gasteiger partial charge is 0.387 e. The molecule has 2 aromatic heterocycles. The first-order chi connectivity index (χ1) is 14.3. The van der Waals surface area contributed by atoms with Crippen molar-refractivity contribution < 1.29 is 18.3 Å². The number of aryl methyl sites for hydroxylation is 1. The van der Waals surface area contributed by atoms with Gasteiger partial charge in [0.05, 0.1) is 11.3 Å². The Morgan fingerprint density at radius 2 is 1.93 bits per heavy atom. The van der Waals surface area contributed by atoms with Gasteiger partial charge in [-0.3, -0.25) is 4.79 Å². The number of ether oxygens (including phenoxy) is 1. The quantitative estimate of drug-likeness (QED) is 0.388. The first kappa shape index (κ1) is 20.5. The minimum Gasteiger partial charge on any atom is -0.435 e. The van der Waals surface area contributed by atoms with Crippen LogP contribution in [0, 0.1) is 13.8 Å². The lowest BCUT2D eigenvalue weighted by Gasteiger charge is -2.12. The van der Waals surface area contributed by atoms with Crippen LogP contribution >= 0.6 is 11.8 Å². The Morgan fingerprint density at radius 1 is 1.23 bits per heavy atom. The van der Waals surface area contributed by atoms with E-state index in [4.69, 9.17) is 0 Å². The van der Waals surface area contributed by atoms with E-state index in [9.17, 15) is 13.6 Å². The van der Waals surface area contributed by atoms with Gasteiger partial charge in [-0.1, -0.05) is 11.8 Å². The van der Waals surface area contributed by atoms with Gasteiger partial charge in [-0.05, 0) is 74.4 Å². The largest absolute Gasteiger partial charge is 0.435 e. The molecule has 2 heterocycles. The summed E-state index contributed by atoms with van der Waals surface area (Å²) in [6, 6.07) is 8.53. The second-order valence-electron chi connectivity index (χ2n) is 7.25. The maximum absolute atomic E-state index is 13.1. The van der Waals surface area contributed by atoms with Crippen molar-refractivity contribution in [3.63, 3.8) is 0 Å². The molecule has 0 spiro atoms. The third kappa shape index (κ3) is 4.09. The average molecular weight is 433 g/mol. The molecule has 1 aliphatic carbocycles. The Kier molecular flexibility index (Phi) is 5.59. The third-order valence-electron chi connectivity index (χ3n) is 5.02. The zero-order valence-corrected chi connectivity index (χ0v) is 17.6. The molecule has 0 bridgehead atoms. The fraction of sp³-hybridized carbons (Fsp3) is 0.400. The lowest BCUT2D eigenvalue weighted by molar-refractivity contribution is -0.0498. The van der Waals surface area contributed by atoms with Crippen LogP contribution in [0.5, 0.6) is 5.75 Å². The Hall–Kier alpha value is -2.75. The molecule has 1 aromatic carbocycles. The number of rotatable bonds is 8. The highest BCUT2D eigenvalue weighted by Crippen LogP contribution is 2.37. The Bertz CT molecular complexity index is 1060. The van der Waals surface area contributed by atoms with Gasteiger partial charge in [0.2, 0.25) is 5.16 Å². The van der Waals surface area contributed by atoms with Crippen molar-refractivity contribution in [3.05, 3.63) is 47.3 Å². The topological polar surface area (TPSA) is 74.8 Å². The third-order valence-corrected chi connectivity index (χ3v) is 6.07. The lowest BCUT2D eigenvalue weighted by atomic mass is 10.1. The predicted molar refractivity (Wildman–Crippen MR) is 108 cm³/mol. The second-order valence-corrected chi connectivity index (χ2v) is 8.56. The Labute approximate surface area is 176 Å². The second kappa shape index (κ2) is 8.17. The SMILES string of the molecule is Cc1cc(C(=O)C(C)Sc2nnnn2C2CC2)c(C)n1-c1ccc(OC(F)F)cc1. The minimum absolute atomic E-state index is 0.0117. The highest BCUT2D eigenvalue weighted by atomic mass is 32.2. The van der Waals surface area contributed by atoms with E-state index in [-0.39, 0.29) is 16.8 Å². The first-order valence-electron chi connectivity index (χ1n) is 9.58. The van der Waals surface area contributed by atoms with Crippen molar-refractivity contribution in [3.8, 4) is 11.4 Å². The first-order valence-corrected chi connectivity index (χ1v) is 10.5. The van der Waals surface area contributed by atoms with Gasteiger partial charge in [0.25, 0.3) is 0 Å². The van der Waals surface area contributed by atoms with Crippen LogP contribution in [0.15, 0.2) is 35.5 Å². The van der Waals surface area contributed by atoms with E-state index < -0.39 is 6.61 Å². The number of carbonyl (C=O) groups is 1. The zero-order valence-electron chi connectivity index (χ0n) is 16.7. The summed E-state index contributed by atoms with van der Waals surface area (Å²) in [6.07, 6.45) is 2.12. The van der Waals surface area contributed by atoms with Gasteiger partial charge in [-0.15, -0.1) is 5.10 Å². The molecule has 158 valence electrons. The molecule has 0 saturated heterocycles. The van der Waals surface area contributed by atoms with Gasteiger partial charge >= 0.3 is 6.61 Å². The summed E-state index contributed by atoms with van der Waals surface area (Å²) < 4.78 is 32.9. The van der Waals surface area contributed by atoms with Gasteiger partial charge in [-0.2, -0.15) is 8.78 Å². The van der Waals surface area contributed by atoms with Gasteiger partial charge in [0, 0.05) is 22.6 Å². The normalized spacial score (nSPS) is 14.9. The highest BCUT2D eigenvalue weighted by Gasteiger charge is 2.30. The van der Waals surface area contributed by atoms with Crippen LogP contribution in [0.1, 0.15) is 47.6 Å². The summed E-state index contributed by atoms with van der Waals surface area (Å²) >= 11 is 1.36. The molecule has 1 unspecified atom stereocenters. The van der Waals surface area contributed by atoms with Crippen molar-refractivity contribution in [2.45, 2.75) is 56.7 Å². The average Bonchev–Trinajstić information content (AvgIpc) is 3.37. The van der Waals surface area contributed by atoms with E-state index in [0.29, 0.717) is 16.8 Å². The van der Waals surface area contributed by atoms with Crippen molar-refractivity contribution in [1.29, 1.82) is 0 Å². The number of halogens is 2. The zero-order chi connectivity index (χ0) is 21.4. The van der Waals surface area contributed by atoms with Crippen LogP contribution in [0.25, 0.3) is 5.69 Å². The maximum atomic E-state index is 13.1. The summed E-state index contributed by atoms with van der Waals surface area (Å²) in [5.41, 5.74) is 3.04. The predicted octanol–water partition coefficient (Wildman–Crippen LogP) is 4.38. The molecule has 1 aliphatic rings. The van der Waals surface area contributed by atoms with E-state index in [2.05, 4.69) is 20.3 Å². The van der Waals surface area contributed by atoms with Crippen molar-refractivity contribution in [2.24, 2.45) is 0 Å². The summed E-state index contributed by atoms with van der Waals surface area (Å²) in [5.74, 6) is 0.0771. The van der Waals surface area contributed by atoms with E-state index in [1.807, 2.05) is 31.4 Å². The van der Waals surface area contributed by atoms with Crippen LogP contribution in [-0.2, 0) is 0 Å². The number of aromatic nitrogens is 5. The summed E-state index contributed by atoms with van der Waals surface area (Å²) in [6.45, 7) is 2.76. The number of alkyl halides is 2. The monoisotopic (exact) mass is 433 g/mol. The molecule has 0 aliphatic heterocycles. The van der Waals surface area contributed by atoms with E-state index in [1.54, 1.807) is 16.8 Å². The minimum atomic E-state index is -2.87. The summed E-state index contributed by atoms with van der Waals surface area (Å²) in [5, 5.41) is 12.1. The molecular formula is C20H21F2N5O2S. The number of ketones is 1. The van der Waals surface area contributed by atoms with E-state index in [0.717, 1.165) is 29.9 Å². The molecule has 0 amide bonds. The Morgan fingerprint density at radius 3 is 2.57 bits per heavy atom. The van der Waals surface area contributed by atoms with Gasteiger partial charge < -0.3 is 9.30 Å². The van der Waals surface area contributed by atoms with Crippen LogP contribution in [-0.4, -0.2) is 42.4 Å². The standard InChI is InChI=1S/C20H21F2N5O2S/c1-11-10-17(12(2)26(11)14-6-8-16(9-7-14)29-19(21)22)18(28)13(3)30-20-23-24-25-27(20)15-4-5-15/h6-10,13,15,19H,4-5H2,1-3H3. The molecule has 1 atom stereocenters. The number of Topliss-reactive ketones (excluding diaryl/α,β-unsaturated/α-hetero) is 1. The van der Waals surface area contributed by atoms with E-state index in [1.165, 1.54) is 23.9 Å². The van der Waals surface area contributed by atoms with Gasteiger partial charge in [0.15, 0.2) is 5.78 Å². The molecule has 4 rings (SSSR count). The maximum Gasteiger partial charge on any atom is 0.387 e.